The average Bonchev–Trinajstić information content (AvgIpc) is 2.38. The van der Waals surface area contributed by atoms with Crippen LogP contribution in [0.25, 0.3) is 0 Å². The van der Waals surface area contributed by atoms with Gasteiger partial charge in [-0.25, -0.2) is 0 Å². The molecule has 0 aliphatic rings. The Morgan fingerprint density at radius 1 is 1.17 bits per heavy atom. The highest BCUT2D eigenvalue weighted by molar-refractivity contribution is 7.99. The molecule has 0 saturated carbocycles. The van der Waals surface area contributed by atoms with E-state index in [2.05, 4.69) is 0 Å². The largest absolute Gasteiger partial charge is 0.466 e. The molecule has 0 radical (unpaired) electrons. The zero-order valence-corrected chi connectivity index (χ0v) is 11.4. The second kappa shape index (κ2) is 8.75. The second-order valence-corrected chi connectivity index (χ2v) is 4.81. The van der Waals surface area contributed by atoms with E-state index < -0.39 is 0 Å². The van der Waals surface area contributed by atoms with Crippen molar-refractivity contribution in [1.82, 2.24) is 0 Å². The van der Waals surface area contributed by atoms with E-state index in [0.717, 1.165) is 5.75 Å². The summed E-state index contributed by atoms with van der Waals surface area (Å²) in [5.74, 6) is 1.09. The van der Waals surface area contributed by atoms with Crippen LogP contribution in [0.15, 0.2) is 30.3 Å². The van der Waals surface area contributed by atoms with Crippen molar-refractivity contribution >= 4 is 23.5 Å². The first-order chi connectivity index (χ1) is 8.72. The van der Waals surface area contributed by atoms with Gasteiger partial charge in [0, 0.05) is 12.2 Å². The highest BCUT2D eigenvalue weighted by Crippen LogP contribution is 2.12. The third-order valence-corrected chi connectivity index (χ3v) is 3.35. The van der Waals surface area contributed by atoms with Crippen molar-refractivity contribution in [3.8, 4) is 0 Å². The summed E-state index contributed by atoms with van der Waals surface area (Å²) >= 11 is 1.58. The number of esters is 1. The van der Waals surface area contributed by atoms with E-state index in [1.807, 2.05) is 30.3 Å². The molecule has 0 unspecified atom stereocenters. The van der Waals surface area contributed by atoms with Gasteiger partial charge in [-0.15, -0.1) is 11.8 Å². The van der Waals surface area contributed by atoms with Crippen LogP contribution < -0.4 is 0 Å². The molecular weight excluding hydrogens is 248 g/mol. The monoisotopic (exact) mass is 266 g/mol. The summed E-state index contributed by atoms with van der Waals surface area (Å²) in [5.41, 5.74) is 1.21. The van der Waals surface area contributed by atoms with Gasteiger partial charge in [0.25, 0.3) is 0 Å². The molecule has 1 aromatic rings. The van der Waals surface area contributed by atoms with Gasteiger partial charge in [-0.3, -0.25) is 9.59 Å². The number of ketones is 1. The summed E-state index contributed by atoms with van der Waals surface area (Å²) in [6.45, 7) is 2.13. The maximum Gasteiger partial charge on any atom is 0.306 e. The third-order valence-electron chi connectivity index (χ3n) is 2.29. The number of hydrogen-bond donors (Lipinski definition) is 0. The molecule has 1 aromatic carbocycles. The molecule has 4 heteroatoms. The molecule has 0 aliphatic carbocycles. The smallest absolute Gasteiger partial charge is 0.306 e. The summed E-state index contributed by atoms with van der Waals surface area (Å²) in [6, 6.07) is 10.0. The Bertz CT molecular complexity index is 376. The lowest BCUT2D eigenvalue weighted by Gasteiger charge is -2.02. The van der Waals surface area contributed by atoms with Gasteiger partial charge in [0.05, 0.1) is 18.8 Å². The second-order valence-electron chi connectivity index (χ2n) is 3.82. The molecule has 0 aromatic heterocycles. The highest BCUT2D eigenvalue weighted by Gasteiger charge is 2.07. The number of hydrogen-bond acceptors (Lipinski definition) is 4. The van der Waals surface area contributed by atoms with Gasteiger partial charge >= 0.3 is 5.97 Å². The number of carbonyl (C=O) groups is 2. The molecule has 98 valence electrons. The van der Waals surface area contributed by atoms with Crippen LogP contribution in [0.2, 0.25) is 0 Å². The van der Waals surface area contributed by atoms with Crippen LogP contribution in [0.1, 0.15) is 25.3 Å². The van der Waals surface area contributed by atoms with Crippen molar-refractivity contribution in [3.05, 3.63) is 35.9 Å². The SMILES string of the molecule is CCOC(=O)CCC(=O)CSCc1ccccc1. The molecule has 1 rings (SSSR count). The van der Waals surface area contributed by atoms with E-state index in [9.17, 15) is 9.59 Å². The summed E-state index contributed by atoms with van der Waals surface area (Å²) < 4.78 is 4.77. The van der Waals surface area contributed by atoms with Crippen LogP contribution in [0.4, 0.5) is 0 Å². The summed E-state index contributed by atoms with van der Waals surface area (Å²) in [6.07, 6.45) is 0.471. The lowest BCUT2D eigenvalue weighted by Crippen LogP contribution is -2.09. The van der Waals surface area contributed by atoms with Gasteiger partial charge < -0.3 is 4.74 Å². The molecule has 0 aliphatic heterocycles. The summed E-state index contributed by atoms with van der Waals surface area (Å²) in [5, 5.41) is 0. The molecule has 0 heterocycles. The predicted molar refractivity (Wildman–Crippen MR) is 73.5 cm³/mol. The van der Waals surface area contributed by atoms with E-state index in [4.69, 9.17) is 4.74 Å². The Labute approximate surface area is 112 Å². The fraction of sp³-hybridized carbons (Fsp3) is 0.429. The zero-order chi connectivity index (χ0) is 13.2. The van der Waals surface area contributed by atoms with Crippen molar-refractivity contribution in [2.45, 2.75) is 25.5 Å². The van der Waals surface area contributed by atoms with Gasteiger partial charge in [-0.05, 0) is 12.5 Å². The van der Waals surface area contributed by atoms with Crippen molar-refractivity contribution in [1.29, 1.82) is 0 Å². The standard InChI is InChI=1S/C14H18O3S/c1-2-17-14(16)9-8-13(15)11-18-10-12-6-4-3-5-7-12/h3-7H,2,8-11H2,1H3. The fourth-order valence-corrected chi connectivity index (χ4v) is 2.31. The Morgan fingerprint density at radius 2 is 1.89 bits per heavy atom. The Hall–Kier alpha value is -1.29. The molecule has 0 fully saturated rings. The Kier molecular flexibility index (Phi) is 7.18. The minimum Gasteiger partial charge on any atom is -0.466 e. The van der Waals surface area contributed by atoms with Gasteiger partial charge in [-0.1, -0.05) is 30.3 Å². The molecule has 0 spiro atoms. The summed E-state index contributed by atoms with van der Waals surface area (Å²) in [4.78, 5) is 22.6. The maximum absolute atomic E-state index is 11.5. The number of benzene rings is 1. The normalized spacial score (nSPS) is 10.1. The van der Waals surface area contributed by atoms with Crippen molar-refractivity contribution in [2.24, 2.45) is 0 Å². The Morgan fingerprint density at radius 3 is 2.56 bits per heavy atom. The van der Waals surface area contributed by atoms with Crippen LogP contribution in [0, 0.1) is 0 Å². The Balaban J connectivity index is 2.12. The summed E-state index contributed by atoms with van der Waals surface area (Å²) in [7, 11) is 0. The first-order valence-corrected chi connectivity index (χ1v) is 7.17. The average molecular weight is 266 g/mol. The number of rotatable bonds is 8. The molecule has 0 bridgehead atoms. The van der Waals surface area contributed by atoms with Crippen LogP contribution in [-0.2, 0) is 20.1 Å². The minimum atomic E-state index is -0.293. The molecule has 0 saturated heterocycles. The lowest BCUT2D eigenvalue weighted by molar-refractivity contribution is -0.144. The van der Waals surface area contributed by atoms with Crippen molar-refractivity contribution in [3.63, 3.8) is 0 Å². The molecule has 0 N–H and O–H groups in total. The van der Waals surface area contributed by atoms with E-state index in [-0.39, 0.29) is 24.6 Å². The maximum atomic E-state index is 11.5. The van der Waals surface area contributed by atoms with Crippen LogP contribution in [-0.4, -0.2) is 24.1 Å². The van der Waals surface area contributed by atoms with Gasteiger partial charge in [0.2, 0.25) is 0 Å². The molecule has 0 amide bonds. The third kappa shape index (κ3) is 6.45. The highest BCUT2D eigenvalue weighted by atomic mass is 32.2. The van der Waals surface area contributed by atoms with E-state index in [1.165, 1.54) is 5.56 Å². The van der Waals surface area contributed by atoms with Crippen LogP contribution >= 0.6 is 11.8 Å². The molecule has 18 heavy (non-hydrogen) atoms. The molecule has 3 nitrogen and oxygen atoms in total. The van der Waals surface area contributed by atoms with Crippen LogP contribution in [0.5, 0.6) is 0 Å². The van der Waals surface area contributed by atoms with E-state index in [1.54, 1.807) is 18.7 Å². The quantitative estimate of drug-likeness (QED) is 0.679. The predicted octanol–water partition coefficient (Wildman–Crippen LogP) is 2.83. The van der Waals surface area contributed by atoms with Gasteiger partial charge in [0.15, 0.2) is 0 Å². The number of carbonyl (C=O) groups excluding carboxylic acids is 2. The fourth-order valence-electron chi connectivity index (χ4n) is 1.40. The van der Waals surface area contributed by atoms with Crippen molar-refractivity contribution in [2.75, 3.05) is 12.4 Å². The zero-order valence-electron chi connectivity index (χ0n) is 10.6. The van der Waals surface area contributed by atoms with Gasteiger partial charge in [-0.2, -0.15) is 0 Å². The van der Waals surface area contributed by atoms with Crippen LogP contribution in [0.3, 0.4) is 0 Å². The first-order valence-electron chi connectivity index (χ1n) is 6.01. The van der Waals surface area contributed by atoms with Crippen molar-refractivity contribution < 1.29 is 14.3 Å². The molecule has 0 atom stereocenters. The van der Waals surface area contributed by atoms with E-state index in [0.29, 0.717) is 12.4 Å². The molecular formula is C14H18O3S. The van der Waals surface area contributed by atoms with E-state index >= 15 is 0 Å². The first kappa shape index (κ1) is 14.8. The minimum absolute atomic E-state index is 0.101. The number of thioether (sulfide) groups is 1. The number of Topliss-reactive ketones (excluding diaryl/α,β-unsaturated/α-hetero) is 1. The number of ether oxygens (including phenoxy) is 1. The lowest BCUT2D eigenvalue weighted by atomic mass is 10.2. The van der Waals surface area contributed by atoms with Gasteiger partial charge in [0.1, 0.15) is 5.78 Å². The topological polar surface area (TPSA) is 43.4 Å².